The fraction of sp³-hybridized carbons (Fsp3) is 0.0769. The number of hydrogen-bond donors (Lipinski definition) is 1. The molecule has 2 aromatic heterocycles. The van der Waals surface area contributed by atoms with Gasteiger partial charge in [0.2, 0.25) is 0 Å². The molecule has 3 rings (SSSR count). The third-order valence-electron chi connectivity index (χ3n) is 2.76. The van der Waals surface area contributed by atoms with Gasteiger partial charge in [-0.25, -0.2) is 14.4 Å². The monoisotopic (exact) mass is 295 g/mol. The van der Waals surface area contributed by atoms with Crippen LogP contribution in [0.3, 0.4) is 0 Å². The SMILES string of the molecule is Cc1ccc(-c2nc3nc(Cl)c(Cl)cc3[nH]2)c(F)c1. The lowest BCUT2D eigenvalue weighted by molar-refractivity contribution is 0.629. The number of aromatic amines is 1. The second-order valence-corrected chi connectivity index (χ2v) is 4.97. The highest BCUT2D eigenvalue weighted by Gasteiger charge is 2.12. The largest absolute Gasteiger partial charge is 0.336 e. The molecule has 0 atom stereocenters. The van der Waals surface area contributed by atoms with Crippen molar-refractivity contribution in [3.05, 3.63) is 45.8 Å². The Bertz CT molecular complexity index is 744. The van der Waals surface area contributed by atoms with Gasteiger partial charge in [0.05, 0.1) is 16.1 Å². The van der Waals surface area contributed by atoms with E-state index in [-0.39, 0.29) is 11.0 Å². The van der Waals surface area contributed by atoms with Crippen LogP contribution in [0.2, 0.25) is 10.2 Å². The third kappa shape index (κ3) is 2.17. The fourth-order valence-electron chi connectivity index (χ4n) is 1.84. The lowest BCUT2D eigenvalue weighted by Gasteiger charge is -1.99. The molecule has 0 aliphatic heterocycles. The second-order valence-electron chi connectivity index (χ2n) is 4.20. The molecular formula is C13H8Cl2FN3. The standard InChI is InChI=1S/C13H8Cl2FN3/c1-6-2-3-7(9(16)4-6)12-17-10-5-8(14)11(15)18-13(10)19-12/h2-5H,1H3,(H,17,18,19). The molecule has 0 amide bonds. The third-order valence-corrected chi connectivity index (χ3v) is 3.44. The van der Waals surface area contributed by atoms with Crippen LogP contribution in [-0.4, -0.2) is 15.0 Å². The number of pyridine rings is 1. The lowest BCUT2D eigenvalue weighted by Crippen LogP contribution is -1.87. The number of H-pyrrole nitrogens is 1. The molecule has 0 unspecified atom stereocenters. The molecule has 96 valence electrons. The van der Waals surface area contributed by atoms with E-state index in [1.807, 2.05) is 13.0 Å². The number of nitrogens with zero attached hydrogens (tertiary/aromatic N) is 2. The normalized spacial score (nSPS) is 11.2. The molecule has 1 N–H and O–H groups in total. The van der Waals surface area contributed by atoms with Crippen molar-refractivity contribution >= 4 is 34.4 Å². The molecule has 19 heavy (non-hydrogen) atoms. The van der Waals surface area contributed by atoms with Gasteiger partial charge in [-0.15, -0.1) is 0 Å². The van der Waals surface area contributed by atoms with Crippen molar-refractivity contribution in [3.63, 3.8) is 0 Å². The van der Waals surface area contributed by atoms with Crippen LogP contribution in [0, 0.1) is 12.7 Å². The number of benzene rings is 1. The van der Waals surface area contributed by atoms with Gasteiger partial charge in [-0.05, 0) is 30.7 Å². The Hall–Kier alpha value is -1.65. The van der Waals surface area contributed by atoms with Crippen LogP contribution in [0.4, 0.5) is 4.39 Å². The number of halogens is 3. The Morgan fingerprint density at radius 2 is 1.95 bits per heavy atom. The maximum absolute atomic E-state index is 13.9. The van der Waals surface area contributed by atoms with Gasteiger partial charge in [0.25, 0.3) is 0 Å². The highest BCUT2D eigenvalue weighted by atomic mass is 35.5. The zero-order valence-electron chi connectivity index (χ0n) is 9.84. The first-order chi connectivity index (χ1) is 9.04. The fourth-order valence-corrected chi connectivity index (χ4v) is 2.12. The molecule has 0 aliphatic rings. The predicted molar refractivity (Wildman–Crippen MR) is 74.0 cm³/mol. The molecule has 1 aromatic carbocycles. The van der Waals surface area contributed by atoms with Crippen molar-refractivity contribution < 1.29 is 4.39 Å². The minimum atomic E-state index is -0.337. The van der Waals surface area contributed by atoms with Gasteiger partial charge in [-0.2, -0.15) is 0 Å². The van der Waals surface area contributed by atoms with Crippen LogP contribution < -0.4 is 0 Å². The molecule has 0 spiro atoms. The summed E-state index contributed by atoms with van der Waals surface area (Å²) in [6.45, 7) is 1.83. The summed E-state index contributed by atoms with van der Waals surface area (Å²) >= 11 is 11.7. The Labute approximate surface area is 118 Å². The summed E-state index contributed by atoms with van der Waals surface area (Å²) in [5.74, 6) is 0.0644. The van der Waals surface area contributed by atoms with Gasteiger partial charge in [-0.3, -0.25) is 0 Å². The van der Waals surface area contributed by atoms with E-state index in [0.29, 0.717) is 27.6 Å². The van der Waals surface area contributed by atoms with E-state index in [1.165, 1.54) is 6.07 Å². The smallest absolute Gasteiger partial charge is 0.179 e. The number of fused-ring (bicyclic) bond motifs is 1. The quantitative estimate of drug-likeness (QED) is 0.677. The van der Waals surface area contributed by atoms with E-state index in [9.17, 15) is 4.39 Å². The van der Waals surface area contributed by atoms with Gasteiger partial charge >= 0.3 is 0 Å². The zero-order chi connectivity index (χ0) is 13.6. The van der Waals surface area contributed by atoms with Crippen molar-refractivity contribution in [1.82, 2.24) is 15.0 Å². The number of imidazole rings is 1. The average Bonchev–Trinajstić information content (AvgIpc) is 2.72. The molecular weight excluding hydrogens is 288 g/mol. The Morgan fingerprint density at radius 3 is 2.68 bits per heavy atom. The summed E-state index contributed by atoms with van der Waals surface area (Å²) in [6, 6.07) is 6.56. The molecule has 6 heteroatoms. The maximum Gasteiger partial charge on any atom is 0.179 e. The van der Waals surface area contributed by atoms with Crippen LogP contribution in [0.15, 0.2) is 24.3 Å². The summed E-state index contributed by atoms with van der Waals surface area (Å²) in [6.07, 6.45) is 0. The highest BCUT2D eigenvalue weighted by Crippen LogP contribution is 2.27. The minimum absolute atomic E-state index is 0.177. The summed E-state index contributed by atoms with van der Waals surface area (Å²) < 4.78 is 13.9. The van der Waals surface area contributed by atoms with Crippen molar-refractivity contribution in [2.24, 2.45) is 0 Å². The Kier molecular flexibility index (Phi) is 2.92. The second kappa shape index (κ2) is 4.47. The van der Waals surface area contributed by atoms with Crippen LogP contribution in [0.5, 0.6) is 0 Å². The number of hydrogen-bond acceptors (Lipinski definition) is 2. The van der Waals surface area contributed by atoms with Gasteiger partial charge in [0.15, 0.2) is 5.65 Å². The predicted octanol–water partition coefficient (Wildman–Crippen LogP) is 4.38. The van der Waals surface area contributed by atoms with Crippen molar-refractivity contribution in [2.75, 3.05) is 0 Å². The molecule has 3 aromatic rings. The molecule has 0 aliphatic carbocycles. The average molecular weight is 296 g/mol. The molecule has 2 heterocycles. The molecule has 0 radical (unpaired) electrons. The topological polar surface area (TPSA) is 41.6 Å². The summed E-state index contributed by atoms with van der Waals surface area (Å²) in [5.41, 5.74) is 2.26. The molecule has 0 bridgehead atoms. The van der Waals surface area contributed by atoms with Gasteiger partial charge in [0.1, 0.15) is 16.8 Å². The van der Waals surface area contributed by atoms with Crippen LogP contribution in [0.1, 0.15) is 5.56 Å². The zero-order valence-corrected chi connectivity index (χ0v) is 11.3. The first-order valence-electron chi connectivity index (χ1n) is 5.53. The summed E-state index contributed by atoms with van der Waals surface area (Å²) in [4.78, 5) is 11.2. The van der Waals surface area contributed by atoms with Gasteiger partial charge in [-0.1, -0.05) is 29.3 Å². The van der Waals surface area contributed by atoms with Crippen molar-refractivity contribution in [3.8, 4) is 11.4 Å². The van der Waals surface area contributed by atoms with E-state index >= 15 is 0 Å². The number of rotatable bonds is 1. The number of nitrogens with one attached hydrogen (secondary N) is 1. The first kappa shape index (κ1) is 12.4. The molecule has 3 nitrogen and oxygen atoms in total. The van der Waals surface area contributed by atoms with Crippen molar-refractivity contribution in [1.29, 1.82) is 0 Å². The minimum Gasteiger partial charge on any atom is -0.336 e. The van der Waals surface area contributed by atoms with Gasteiger partial charge < -0.3 is 4.98 Å². The summed E-state index contributed by atoms with van der Waals surface area (Å²) in [7, 11) is 0. The highest BCUT2D eigenvalue weighted by molar-refractivity contribution is 6.41. The van der Waals surface area contributed by atoms with E-state index in [2.05, 4.69) is 15.0 Å². The van der Waals surface area contributed by atoms with Crippen LogP contribution in [-0.2, 0) is 0 Å². The van der Waals surface area contributed by atoms with E-state index < -0.39 is 0 Å². The lowest BCUT2D eigenvalue weighted by atomic mass is 10.1. The van der Waals surface area contributed by atoms with E-state index in [4.69, 9.17) is 23.2 Å². The molecule has 0 fully saturated rings. The maximum atomic E-state index is 13.9. The Morgan fingerprint density at radius 1 is 1.16 bits per heavy atom. The van der Waals surface area contributed by atoms with Gasteiger partial charge in [0, 0.05) is 0 Å². The van der Waals surface area contributed by atoms with Crippen molar-refractivity contribution in [2.45, 2.75) is 6.92 Å². The molecule has 0 saturated heterocycles. The van der Waals surface area contributed by atoms with Crippen LogP contribution >= 0.6 is 23.2 Å². The summed E-state index contributed by atoms with van der Waals surface area (Å²) in [5, 5.41) is 0.505. The van der Waals surface area contributed by atoms with E-state index in [0.717, 1.165) is 5.56 Å². The van der Waals surface area contributed by atoms with Crippen LogP contribution in [0.25, 0.3) is 22.6 Å². The van der Waals surface area contributed by atoms with E-state index in [1.54, 1.807) is 12.1 Å². The molecule has 0 saturated carbocycles. The Balaban J connectivity index is 2.20. The number of aromatic nitrogens is 3. The number of aryl methyl sites for hydroxylation is 1. The first-order valence-corrected chi connectivity index (χ1v) is 6.28.